The molecule has 4 aromatic carbocycles. The zero-order valence-electron chi connectivity index (χ0n) is 27.0. The van der Waals surface area contributed by atoms with Gasteiger partial charge in [0.05, 0.1) is 12.3 Å². The van der Waals surface area contributed by atoms with E-state index in [4.69, 9.17) is 10.7 Å². The molecule has 0 saturated carbocycles. The molecule has 1 unspecified atom stereocenters. The highest BCUT2D eigenvalue weighted by Crippen LogP contribution is 2.43. The van der Waals surface area contributed by atoms with Crippen LogP contribution in [0.2, 0.25) is 0 Å². The van der Waals surface area contributed by atoms with E-state index in [1.807, 2.05) is 0 Å². The second-order valence-corrected chi connectivity index (χ2v) is 12.5. The topological polar surface area (TPSA) is 38.4 Å². The fraction of sp³-hybridized carbons (Fsp3) is 0.178. The minimum atomic E-state index is 0.239. The molecule has 3 aliphatic rings. The van der Waals surface area contributed by atoms with Gasteiger partial charge >= 0.3 is 0 Å². The van der Waals surface area contributed by atoms with Gasteiger partial charge in [-0.3, -0.25) is 4.99 Å². The maximum Gasteiger partial charge on any atom is 0.0647 e. The van der Waals surface area contributed by atoms with Crippen LogP contribution in [0.3, 0.4) is 0 Å². The van der Waals surface area contributed by atoms with Gasteiger partial charge in [-0.2, -0.15) is 0 Å². The van der Waals surface area contributed by atoms with E-state index in [-0.39, 0.29) is 5.92 Å². The molecular weight excluding hydrogens is 569 g/mol. The van der Waals surface area contributed by atoms with Crippen LogP contribution in [0, 0.1) is 0 Å². The van der Waals surface area contributed by atoms with Crippen LogP contribution in [0.4, 0.5) is 0 Å². The zero-order chi connectivity index (χ0) is 31.8. The third kappa shape index (κ3) is 6.83. The Morgan fingerprint density at radius 3 is 2.28 bits per heavy atom. The van der Waals surface area contributed by atoms with E-state index in [0.29, 0.717) is 6.54 Å². The van der Waals surface area contributed by atoms with Crippen molar-refractivity contribution in [3.8, 4) is 22.3 Å². The summed E-state index contributed by atoms with van der Waals surface area (Å²) in [6.45, 7) is 0.621. The normalized spacial score (nSPS) is 19.7. The molecule has 47 heavy (non-hydrogen) atoms. The van der Waals surface area contributed by atoms with Crippen molar-refractivity contribution in [1.82, 2.24) is 0 Å². The molecule has 2 nitrogen and oxygen atoms in total. The first kappa shape index (κ1) is 30.4. The highest BCUT2D eigenvalue weighted by Gasteiger charge is 2.23. The minimum Gasteiger partial charge on any atom is -0.398 e. The van der Waals surface area contributed by atoms with Gasteiger partial charge in [-0.05, 0) is 101 Å². The Hall–Kier alpha value is -5.21. The molecular formula is C45H42N2. The Morgan fingerprint density at radius 2 is 1.43 bits per heavy atom. The Balaban J connectivity index is 1.22. The summed E-state index contributed by atoms with van der Waals surface area (Å²) in [5.74, 6) is 0.239. The van der Waals surface area contributed by atoms with Gasteiger partial charge in [0.15, 0.2) is 0 Å². The Labute approximate surface area is 279 Å². The quantitative estimate of drug-likeness (QED) is 0.208. The van der Waals surface area contributed by atoms with Crippen LogP contribution in [0.1, 0.15) is 61.1 Å². The fourth-order valence-corrected chi connectivity index (χ4v) is 7.13. The first-order chi connectivity index (χ1) is 23.3. The van der Waals surface area contributed by atoms with E-state index in [9.17, 15) is 0 Å². The summed E-state index contributed by atoms with van der Waals surface area (Å²) in [5, 5.41) is 0. The molecule has 3 aliphatic carbocycles. The van der Waals surface area contributed by atoms with Crippen LogP contribution in [0.5, 0.6) is 0 Å². The Kier molecular flexibility index (Phi) is 9.38. The number of benzene rings is 4. The number of aliphatic imine (C=N–C) groups is 1. The third-order valence-corrected chi connectivity index (χ3v) is 9.50. The lowest BCUT2D eigenvalue weighted by molar-refractivity contribution is 0.888. The lowest BCUT2D eigenvalue weighted by Crippen LogP contribution is -2.14. The van der Waals surface area contributed by atoms with Crippen LogP contribution in [0.15, 0.2) is 174 Å². The molecule has 0 spiro atoms. The van der Waals surface area contributed by atoms with Gasteiger partial charge < -0.3 is 5.73 Å². The molecule has 2 N–H and O–H groups in total. The van der Waals surface area contributed by atoms with Crippen molar-refractivity contribution in [2.75, 3.05) is 0 Å². The summed E-state index contributed by atoms with van der Waals surface area (Å²) in [7, 11) is 0. The Morgan fingerprint density at radius 1 is 0.660 bits per heavy atom. The van der Waals surface area contributed by atoms with Gasteiger partial charge in [0, 0.05) is 17.2 Å². The van der Waals surface area contributed by atoms with Gasteiger partial charge in [-0.25, -0.2) is 0 Å². The summed E-state index contributed by atoms with van der Waals surface area (Å²) in [6.07, 6.45) is 24.1. The largest absolute Gasteiger partial charge is 0.398 e. The number of nitrogens with two attached hydrogens (primary N) is 1. The van der Waals surface area contributed by atoms with Crippen molar-refractivity contribution in [3.05, 3.63) is 185 Å². The van der Waals surface area contributed by atoms with Crippen molar-refractivity contribution in [3.63, 3.8) is 0 Å². The predicted octanol–water partition coefficient (Wildman–Crippen LogP) is 11.3. The van der Waals surface area contributed by atoms with Gasteiger partial charge in [-0.1, -0.05) is 140 Å². The van der Waals surface area contributed by atoms with Gasteiger partial charge in [0.2, 0.25) is 0 Å². The van der Waals surface area contributed by atoms with E-state index >= 15 is 0 Å². The molecule has 0 amide bonds. The number of hydrogen-bond donors (Lipinski definition) is 1. The fourth-order valence-electron chi connectivity index (χ4n) is 7.13. The van der Waals surface area contributed by atoms with Crippen molar-refractivity contribution < 1.29 is 0 Å². The van der Waals surface area contributed by atoms with Crippen LogP contribution < -0.4 is 5.73 Å². The summed E-state index contributed by atoms with van der Waals surface area (Å²) >= 11 is 0. The number of nitrogens with zero attached hydrogens (tertiary/aromatic N) is 1. The molecule has 0 fully saturated rings. The van der Waals surface area contributed by atoms with Crippen molar-refractivity contribution >= 4 is 11.3 Å². The average molecular weight is 611 g/mol. The smallest absolute Gasteiger partial charge is 0.0647 e. The summed E-state index contributed by atoms with van der Waals surface area (Å²) in [5.41, 5.74) is 21.2. The molecule has 7 rings (SSSR count). The number of rotatable bonds is 7. The molecule has 232 valence electrons. The first-order valence-corrected chi connectivity index (χ1v) is 17.0. The maximum atomic E-state index is 6.72. The first-order valence-electron chi connectivity index (χ1n) is 17.0. The van der Waals surface area contributed by atoms with Gasteiger partial charge in [-0.15, -0.1) is 0 Å². The summed E-state index contributed by atoms with van der Waals surface area (Å²) in [6, 6.07) is 37.5. The molecule has 1 atom stereocenters. The van der Waals surface area contributed by atoms with Crippen LogP contribution in [-0.4, -0.2) is 5.71 Å². The monoisotopic (exact) mass is 610 g/mol. The minimum absolute atomic E-state index is 0.239. The average Bonchev–Trinajstić information content (AvgIpc) is 3.41. The van der Waals surface area contributed by atoms with Crippen molar-refractivity contribution in [2.45, 2.75) is 51.0 Å². The summed E-state index contributed by atoms with van der Waals surface area (Å²) < 4.78 is 0. The number of allylic oxidation sites excluding steroid dienone is 10. The highest BCUT2D eigenvalue weighted by atomic mass is 14.7. The van der Waals surface area contributed by atoms with Crippen molar-refractivity contribution in [2.24, 2.45) is 10.7 Å². The van der Waals surface area contributed by atoms with E-state index in [0.717, 1.165) is 55.5 Å². The van der Waals surface area contributed by atoms with Crippen LogP contribution in [0.25, 0.3) is 27.8 Å². The third-order valence-electron chi connectivity index (χ3n) is 9.50. The highest BCUT2D eigenvalue weighted by molar-refractivity contribution is 6.10. The summed E-state index contributed by atoms with van der Waals surface area (Å²) in [4.78, 5) is 5.13. The second-order valence-electron chi connectivity index (χ2n) is 12.5. The second kappa shape index (κ2) is 14.5. The molecule has 0 aliphatic heterocycles. The zero-order valence-corrected chi connectivity index (χ0v) is 27.0. The van der Waals surface area contributed by atoms with Crippen molar-refractivity contribution in [1.29, 1.82) is 0 Å². The van der Waals surface area contributed by atoms with E-state index in [1.54, 1.807) is 0 Å². The molecule has 0 radical (unpaired) electrons. The molecule has 0 heterocycles. The molecule has 2 heteroatoms. The number of hydrogen-bond acceptors (Lipinski definition) is 2. The lowest BCUT2D eigenvalue weighted by Gasteiger charge is -2.24. The molecule has 0 bridgehead atoms. The maximum absolute atomic E-state index is 6.72. The van der Waals surface area contributed by atoms with Crippen LogP contribution >= 0.6 is 0 Å². The standard InChI is InChI=1S/C45H42N2/c46-45(35-20-6-2-7-21-35)43-29-14-15-30-44(43)47-32-33-17-16-22-36(31-33)38-23-8-3-9-25-40(38)42-28-13-12-27-41(42)39-26-11-10-24-37(39)34-18-4-1-5-19-34/h1,3-6,9-13,15-24,26-28,30-31,40H,2,7-8,14,25,29,32,46H2. The van der Waals surface area contributed by atoms with E-state index in [2.05, 4.69) is 152 Å². The predicted molar refractivity (Wildman–Crippen MR) is 200 cm³/mol. The molecule has 0 saturated heterocycles. The SMILES string of the molecule is NC(C1=CCCC=C1)=C1CCC=CC1=NCc1cccc(C2=CCC=CCC2c2ccccc2-c2ccccc2-c2ccccc2)c1. The van der Waals surface area contributed by atoms with Gasteiger partial charge in [0.25, 0.3) is 0 Å². The van der Waals surface area contributed by atoms with Crippen LogP contribution in [-0.2, 0) is 6.54 Å². The van der Waals surface area contributed by atoms with E-state index in [1.165, 1.54) is 50.1 Å². The van der Waals surface area contributed by atoms with E-state index < -0.39 is 0 Å². The lowest BCUT2D eigenvalue weighted by atomic mass is 9.80. The Bertz CT molecular complexity index is 1960. The van der Waals surface area contributed by atoms with Gasteiger partial charge in [0.1, 0.15) is 0 Å². The molecule has 0 aromatic heterocycles. The molecule has 4 aromatic rings.